The summed E-state index contributed by atoms with van der Waals surface area (Å²) in [6, 6.07) is 0. The molecule has 0 aromatic carbocycles. The molecule has 1 unspecified atom stereocenters. The van der Waals surface area contributed by atoms with Crippen LogP contribution in [0, 0.1) is 0 Å². The molecule has 1 atom stereocenters. The van der Waals surface area contributed by atoms with Crippen molar-refractivity contribution >= 4 is 0 Å². The fraction of sp³-hybridized carbons (Fsp3) is 0.778. The molecule has 2 rings (SSSR count). The molecule has 2 heterocycles. The maximum atomic E-state index is 9.49. The second-order valence-corrected chi connectivity index (χ2v) is 3.59. The van der Waals surface area contributed by atoms with Gasteiger partial charge in [-0.25, -0.2) is 0 Å². The van der Waals surface area contributed by atoms with Crippen LogP contribution in [0.1, 0.15) is 31.4 Å². The SMILES string of the molecule is CCCc1nnc2n1CC(O)CC2. The van der Waals surface area contributed by atoms with Crippen LogP contribution < -0.4 is 0 Å². The largest absolute Gasteiger partial charge is 0.391 e. The third-order valence-corrected chi connectivity index (χ3v) is 2.47. The van der Waals surface area contributed by atoms with E-state index in [-0.39, 0.29) is 6.10 Å². The summed E-state index contributed by atoms with van der Waals surface area (Å²) in [7, 11) is 0. The van der Waals surface area contributed by atoms with E-state index in [9.17, 15) is 5.11 Å². The molecule has 1 N–H and O–H groups in total. The summed E-state index contributed by atoms with van der Waals surface area (Å²) in [5.74, 6) is 2.06. The average Bonchev–Trinajstić information content (AvgIpc) is 2.49. The number of aliphatic hydroxyl groups excluding tert-OH is 1. The van der Waals surface area contributed by atoms with Crippen LogP contribution in [0.5, 0.6) is 0 Å². The summed E-state index contributed by atoms with van der Waals surface area (Å²) in [6.45, 7) is 2.80. The molecule has 0 spiro atoms. The molecule has 1 aliphatic heterocycles. The smallest absolute Gasteiger partial charge is 0.133 e. The first-order valence-corrected chi connectivity index (χ1v) is 4.90. The molecule has 4 heteroatoms. The monoisotopic (exact) mass is 181 g/mol. The normalized spacial score (nSPS) is 21.5. The van der Waals surface area contributed by atoms with Gasteiger partial charge in [-0.1, -0.05) is 6.92 Å². The van der Waals surface area contributed by atoms with Crippen LogP contribution in [-0.2, 0) is 19.4 Å². The maximum Gasteiger partial charge on any atom is 0.133 e. The van der Waals surface area contributed by atoms with Crippen LogP contribution in [0.2, 0.25) is 0 Å². The highest BCUT2D eigenvalue weighted by Gasteiger charge is 2.20. The van der Waals surface area contributed by atoms with Crippen LogP contribution in [0.4, 0.5) is 0 Å². The van der Waals surface area contributed by atoms with Gasteiger partial charge < -0.3 is 9.67 Å². The topological polar surface area (TPSA) is 50.9 Å². The molecule has 0 aliphatic carbocycles. The number of aliphatic hydroxyl groups is 1. The third kappa shape index (κ3) is 1.58. The minimum absolute atomic E-state index is 0.209. The van der Waals surface area contributed by atoms with Gasteiger partial charge in [0, 0.05) is 12.8 Å². The lowest BCUT2D eigenvalue weighted by atomic mass is 10.1. The van der Waals surface area contributed by atoms with Crippen LogP contribution in [-0.4, -0.2) is 26.0 Å². The first kappa shape index (κ1) is 8.69. The maximum absolute atomic E-state index is 9.49. The second kappa shape index (κ2) is 3.46. The number of nitrogens with zero attached hydrogens (tertiary/aromatic N) is 3. The standard InChI is InChI=1S/C9H15N3O/c1-2-3-8-10-11-9-5-4-7(13)6-12(8)9/h7,13H,2-6H2,1H3. The fourth-order valence-electron chi connectivity index (χ4n) is 1.77. The summed E-state index contributed by atoms with van der Waals surface area (Å²) >= 11 is 0. The molecule has 0 bridgehead atoms. The van der Waals surface area contributed by atoms with Crippen LogP contribution in [0.3, 0.4) is 0 Å². The molecular weight excluding hydrogens is 166 g/mol. The van der Waals surface area contributed by atoms with Crippen molar-refractivity contribution in [1.29, 1.82) is 0 Å². The van der Waals surface area contributed by atoms with Crippen LogP contribution >= 0.6 is 0 Å². The second-order valence-electron chi connectivity index (χ2n) is 3.59. The van der Waals surface area contributed by atoms with Gasteiger partial charge in [0.25, 0.3) is 0 Å². The van der Waals surface area contributed by atoms with Gasteiger partial charge in [0.05, 0.1) is 12.6 Å². The van der Waals surface area contributed by atoms with Crippen molar-refractivity contribution in [1.82, 2.24) is 14.8 Å². The van der Waals surface area contributed by atoms with Gasteiger partial charge in [-0.3, -0.25) is 0 Å². The third-order valence-electron chi connectivity index (χ3n) is 2.47. The Morgan fingerprint density at radius 1 is 1.54 bits per heavy atom. The van der Waals surface area contributed by atoms with Crippen molar-refractivity contribution in [3.8, 4) is 0 Å². The minimum atomic E-state index is -0.209. The van der Waals surface area contributed by atoms with E-state index in [4.69, 9.17) is 0 Å². The minimum Gasteiger partial charge on any atom is -0.391 e. The molecule has 0 saturated carbocycles. The van der Waals surface area contributed by atoms with E-state index >= 15 is 0 Å². The van der Waals surface area contributed by atoms with E-state index in [0.29, 0.717) is 6.54 Å². The molecule has 0 saturated heterocycles. The number of fused-ring (bicyclic) bond motifs is 1. The molecule has 4 nitrogen and oxygen atoms in total. The Morgan fingerprint density at radius 3 is 3.15 bits per heavy atom. The van der Waals surface area contributed by atoms with E-state index < -0.39 is 0 Å². The Balaban J connectivity index is 2.25. The van der Waals surface area contributed by atoms with Crippen molar-refractivity contribution in [2.24, 2.45) is 0 Å². The zero-order valence-electron chi connectivity index (χ0n) is 7.90. The van der Waals surface area contributed by atoms with Crippen LogP contribution in [0.15, 0.2) is 0 Å². The molecule has 0 radical (unpaired) electrons. The number of aryl methyl sites for hydroxylation is 2. The zero-order chi connectivity index (χ0) is 9.26. The summed E-state index contributed by atoms with van der Waals surface area (Å²) in [6.07, 6.45) is 3.51. The Hall–Kier alpha value is -0.900. The van der Waals surface area contributed by atoms with E-state index in [0.717, 1.165) is 37.3 Å². The summed E-state index contributed by atoms with van der Waals surface area (Å²) in [5, 5.41) is 17.7. The highest BCUT2D eigenvalue weighted by atomic mass is 16.3. The Bertz CT molecular complexity index is 295. The number of hydrogen-bond acceptors (Lipinski definition) is 3. The lowest BCUT2D eigenvalue weighted by molar-refractivity contribution is 0.129. The van der Waals surface area contributed by atoms with Crippen molar-refractivity contribution in [3.63, 3.8) is 0 Å². The lowest BCUT2D eigenvalue weighted by Crippen LogP contribution is -2.25. The Labute approximate surface area is 77.6 Å². The molecule has 1 aliphatic rings. The number of hydrogen-bond donors (Lipinski definition) is 1. The highest BCUT2D eigenvalue weighted by Crippen LogP contribution is 2.15. The predicted octanol–water partition coefficient (Wildman–Crippen LogP) is 0.538. The van der Waals surface area contributed by atoms with Gasteiger partial charge in [0.1, 0.15) is 11.6 Å². The lowest BCUT2D eigenvalue weighted by Gasteiger charge is -2.19. The van der Waals surface area contributed by atoms with Gasteiger partial charge in [-0.2, -0.15) is 0 Å². The van der Waals surface area contributed by atoms with Gasteiger partial charge in [-0.15, -0.1) is 10.2 Å². The quantitative estimate of drug-likeness (QED) is 0.724. The van der Waals surface area contributed by atoms with E-state index in [1.54, 1.807) is 0 Å². The number of rotatable bonds is 2. The first-order chi connectivity index (χ1) is 6.31. The van der Waals surface area contributed by atoms with Gasteiger partial charge in [0.2, 0.25) is 0 Å². The van der Waals surface area contributed by atoms with Crippen molar-refractivity contribution in [2.45, 2.75) is 45.3 Å². The summed E-state index contributed by atoms with van der Waals surface area (Å²) in [4.78, 5) is 0. The molecule has 13 heavy (non-hydrogen) atoms. The first-order valence-electron chi connectivity index (χ1n) is 4.90. The molecule has 1 aromatic heterocycles. The fourth-order valence-corrected chi connectivity index (χ4v) is 1.77. The zero-order valence-corrected chi connectivity index (χ0v) is 7.90. The Kier molecular flexibility index (Phi) is 2.31. The Morgan fingerprint density at radius 2 is 2.38 bits per heavy atom. The van der Waals surface area contributed by atoms with E-state index in [1.807, 2.05) is 0 Å². The average molecular weight is 181 g/mol. The van der Waals surface area contributed by atoms with Gasteiger partial charge >= 0.3 is 0 Å². The van der Waals surface area contributed by atoms with E-state index in [1.165, 1.54) is 0 Å². The van der Waals surface area contributed by atoms with Crippen LogP contribution in [0.25, 0.3) is 0 Å². The van der Waals surface area contributed by atoms with Gasteiger partial charge in [0.15, 0.2) is 0 Å². The molecule has 0 fully saturated rings. The summed E-state index contributed by atoms with van der Waals surface area (Å²) < 4.78 is 2.07. The molecule has 1 aromatic rings. The van der Waals surface area contributed by atoms with Crippen molar-refractivity contribution in [3.05, 3.63) is 11.6 Å². The highest BCUT2D eigenvalue weighted by molar-refractivity contribution is 5.00. The van der Waals surface area contributed by atoms with E-state index in [2.05, 4.69) is 21.7 Å². The molecule has 72 valence electrons. The van der Waals surface area contributed by atoms with Crippen molar-refractivity contribution in [2.75, 3.05) is 0 Å². The molecular formula is C9H15N3O. The predicted molar refractivity (Wildman–Crippen MR) is 48.3 cm³/mol. The number of aromatic nitrogens is 3. The molecule has 0 amide bonds. The van der Waals surface area contributed by atoms with Crippen molar-refractivity contribution < 1.29 is 5.11 Å². The summed E-state index contributed by atoms with van der Waals surface area (Å²) in [5.41, 5.74) is 0. The van der Waals surface area contributed by atoms with Gasteiger partial charge in [-0.05, 0) is 12.8 Å².